The number of nitrogens with zero attached hydrogens (tertiary/aromatic N) is 2. The topological polar surface area (TPSA) is 58.1 Å². The quantitative estimate of drug-likeness (QED) is 0.386. The maximum atomic E-state index is 5.97. The summed E-state index contributed by atoms with van der Waals surface area (Å²) in [6.07, 6.45) is -0.0365. The average Bonchev–Trinajstić information content (AvgIpc) is 2.57. The smallest absolute Gasteiger partial charge is 0.191 e. The zero-order chi connectivity index (χ0) is 17.6. The van der Waals surface area contributed by atoms with E-state index in [-0.39, 0.29) is 35.6 Å². The minimum Gasteiger partial charge on any atom is -0.486 e. The molecule has 0 amide bonds. The molecule has 0 bridgehead atoms. The van der Waals surface area contributed by atoms with Gasteiger partial charge in [-0.1, -0.05) is 12.1 Å². The van der Waals surface area contributed by atoms with Gasteiger partial charge in [0.2, 0.25) is 0 Å². The molecule has 0 aromatic heterocycles. The number of guanidine groups is 1. The molecule has 2 N–H and O–H groups in total. The Morgan fingerprint density at radius 2 is 1.92 bits per heavy atom. The second-order valence-electron chi connectivity index (χ2n) is 6.78. The highest BCUT2D eigenvalue weighted by Gasteiger charge is 2.22. The number of ether oxygens (including phenoxy) is 2. The van der Waals surface area contributed by atoms with E-state index in [9.17, 15) is 0 Å². The molecule has 1 heterocycles. The number of para-hydroxylation sites is 2. The van der Waals surface area contributed by atoms with Gasteiger partial charge >= 0.3 is 0 Å². The molecule has 1 unspecified atom stereocenters. The Bertz CT molecular complexity index is 564. The Hall–Kier alpha value is -1.22. The van der Waals surface area contributed by atoms with Gasteiger partial charge in [-0.3, -0.25) is 4.99 Å². The summed E-state index contributed by atoms with van der Waals surface area (Å²) in [7, 11) is 4.14. The molecule has 1 aromatic rings. The van der Waals surface area contributed by atoms with E-state index in [0.29, 0.717) is 19.7 Å². The first-order valence-corrected chi connectivity index (χ1v) is 8.50. The summed E-state index contributed by atoms with van der Waals surface area (Å²) in [6, 6.07) is 7.75. The van der Waals surface area contributed by atoms with Gasteiger partial charge < -0.3 is 25.0 Å². The lowest BCUT2D eigenvalue weighted by atomic mass is 10.1. The molecule has 1 aliphatic heterocycles. The van der Waals surface area contributed by atoms with E-state index < -0.39 is 0 Å². The molecule has 142 valence electrons. The lowest BCUT2D eigenvalue weighted by Crippen LogP contribution is -2.47. The van der Waals surface area contributed by atoms with Gasteiger partial charge in [0.25, 0.3) is 0 Å². The molecule has 6 nitrogen and oxygen atoms in total. The number of rotatable bonds is 6. The number of nitrogens with one attached hydrogen (secondary N) is 2. The summed E-state index contributed by atoms with van der Waals surface area (Å²) in [6.45, 7) is 9.11. The van der Waals surface area contributed by atoms with Crippen LogP contribution in [-0.2, 0) is 0 Å². The van der Waals surface area contributed by atoms with Gasteiger partial charge in [0.15, 0.2) is 17.5 Å². The van der Waals surface area contributed by atoms with E-state index in [1.807, 2.05) is 24.3 Å². The molecule has 0 aliphatic carbocycles. The lowest BCUT2D eigenvalue weighted by Gasteiger charge is -2.31. The molecule has 0 fully saturated rings. The summed E-state index contributed by atoms with van der Waals surface area (Å²) in [5.41, 5.74) is 0.00570. The van der Waals surface area contributed by atoms with Crippen molar-refractivity contribution in [2.24, 2.45) is 4.99 Å². The second kappa shape index (κ2) is 10.1. The summed E-state index contributed by atoms with van der Waals surface area (Å²) >= 11 is 0. The third-order valence-electron chi connectivity index (χ3n) is 4.24. The standard InChI is InChI=1S/C18H30N4O2.HI/c1-6-19-17(21-13-18(2,3)22(4)5)20-11-14-12-23-15-9-7-8-10-16(15)24-14;/h7-10,14H,6,11-13H2,1-5H3,(H2,19,20,21);1H. The van der Waals surface area contributed by atoms with Gasteiger partial charge in [-0.05, 0) is 47.0 Å². The predicted molar refractivity (Wildman–Crippen MR) is 114 cm³/mol. The van der Waals surface area contributed by atoms with E-state index in [0.717, 1.165) is 24.0 Å². The fourth-order valence-corrected chi connectivity index (χ4v) is 2.13. The maximum Gasteiger partial charge on any atom is 0.191 e. The molecule has 0 spiro atoms. The van der Waals surface area contributed by atoms with Gasteiger partial charge in [-0.15, -0.1) is 24.0 Å². The summed E-state index contributed by atoms with van der Waals surface area (Å²) < 4.78 is 11.7. The van der Waals surface area contributed by atoms with Crippen LogP contribution in [0.1, 0.15) is 20.8 Å². The van der Waals surface area contributed by atoms with Crippen molar-refractivity contribution >= 4 is 29.9 Å². The minimum absolute atomic E-state index is 0. The van der Waals surface area contributed by atoms with Crippen molar-refractivity contribution in [3.05, 3.63) is 24.3 Å². The van der Waals surface area contributed by atoms with Crippen LogP contribution in [-0.4, -0.2) is 62.8 Å². The monoisotopic (exact) mass is 462 g/mol. The van der Waals surface area contributed by atoms with Gasteiger partial charge in [0.1, 0.15) is 12.7 Å². The average molecular weight is 462 g/mol. The number of halogens is 1. The van der Waals surface area contributed by atoms with Crippen molar-refractivity contribution in [3.63, 3.8) is 0 Å². The molecule has 0 saturated heterocycles. The number of hydrogen-bond acceptors (Lipinski definition) is 4. The number of benzene rings is 1. The number of likely N-dealkylation sites (N-methyl/N-ethyl adjacent to an activating group) is 1. The first-order valence-electron chi connectivity index (χ1n) is 8.50. The van der Waals surface area contributed by atoms with Crippen LogP contribution in [0.3, 0.4) is 0 Å². The van der Waals surface area contributed by atoms with Crippen molar-refractivity contribution in [2.75, 3.05) is 40.3 Å². The van der Waals surface area contributed by atoms with E-state index in [2.05, 4.69) is 50.4 Å². The Kier molecular flexibility index (Phi) is 8.78. The molecule has 7 heteroatoms. The summed E-state index contributed by atoms with van der Waals surface area (Å²) in [4.78, 5) is 6.87. The van der Waals surface area contributed by atoms with Crippen LogP contribution in [0.4, 0.5) is 0 Å². The highest BCUT2D eigenvalue weighted by atomic mass is 127. The molecule has 1 aromatic carbocycles. The van der Waals surface area contributed by atoms with Crippen LogP contribution in [0, 0.1) is 0 Å². The van der Waals surface area contributed by atoms with Crippen LogP contribution >= 0.6 is 24.0 Å². The molecular formula is C18H31IN4O2. The third kappa shape index (κ3) is 6.54. The molecule has 0 radical (unpaired) electrons. The second-order valence-corrected chi connectivity index (χ2v) is 6.78. The fourth-order valence-electron chi connectivity index (χ4n) is 2.13. The van der Waals surface area contributed by atoms with Crippen molar-refractivity contribution in [2.45, 2.75) is 32.4 Å². The maximum absolute atomic E-state index is 5.97. The normalized spacial score (nSPS) is 17.0. The zero-order valence-corrected chi connectivity index (χ0v) is 18.2. The summed E-state index contributed by atoms with van der Waals surface area (Å²) in [5, 5.41) is 6.62. The molecule has 0 saturated carbocycles. The van der Waals surface area contributed by atoms with Crippen LogP contribution in [0.15, 0.2) is 29.3 Å². The van der Waals surface area contributed by atoms with Crippen molar-refractivity contribution < 1.29 is 9.47 Å². The Morgan fingerprint density at radius 3 is 2.56 bits per heavy atom. The first kappa shape index (κ1) is 21.8. The number of aliphatic imine (C=N–C) groups is 1. The Labute approximate surface area is 168 Å². The van der Waals surface area contributed by atoms with Crippen molar-refractivity contribution in [1.82, 2.24) is 15.5 Å². The van der Waals surface area contributed by atoms with Crippen LogP contribution < -0.4 is 20.1 Å². The van der Waals surface area contributed by atoms with Crippen molar-refractivity contribution in [1.29, 1.82) is 0 Å². The van der Waals surface area contributed by atoms with E-state index >= 15 is 0 Å². The summed E-state index contributed by atoms with van der Waals surface area (Å²) in [5.74, 6) is 2.41. The number of fused-ring (bicyclic) bond motifs is 1. The van der Waals surface area contributed by atoms with Crippen LogP contribution in [0.25, 0.3) is 0 Å². The molecule has 1 atom stereocenters. The van der Waals surface area contributed by atoms with E-state index in [1.165, 1.54) is 0 Å². The largest absolute Gasteiger partial charge is 0.486 e. The minimum atomic E-state index is -0.0365. The van der Waals surface area contributed by atoms with Gasteiger partial charge in [0.05, 0.1) is 13.1 Å². The third-order valence-corrected chi connectivity index (χ3v) is 4.24. The molecule has 1 aliphatic rings. The van der Waals surface area contributed by atoms with Gasteiger partial charge in [-0.25, -0.2) is 0 Å². The molecular weight excluding hydrogens is 431 g/mol. The van der Waals surface area contributed by atoms with E-state index in [4.69, 9.17) is 14.5 Å². The van der Waals surface area contributed by atoms with E-state index in [1.54, 1.807) is 0 Å². The SMILES string of the molecule is CCNC(=NCC(C)(C)N(C)C)NCC1COc2ccccc2O1.I. The van der Waals surface area contributed by atoms with Crippen molar-refractivity contribution in [3.8, 4) is 11.5 Å². The Morgan fingerprint density at radius 1 is 1.24 bits per heavy atom. The van der Waals surface area contributed by atoms with Crippen LogP contribution in [0.5, 0.6) is 11.5 Å². The lowest BCUT2D eigenvalue weighted by molar-refractivity contribution is 0.0936. The van der Waals surface area contributed by atoms with Gasteiger partial charge in [-0.2, -0.15) is 0 Å². The van der Waals surface area contributed by atoms with Gasteiger partial charge in [0, 0.05) is 12.1 Å². The first-order chi connectivity index (χ1) is 11.4. The Balaban J connectivity index is 0.00000312. The highest BCUT2D eigenvalue weighted by Crippen LogP contribution is 2.30. The zero-order valence-electron chi connectivity index (χ0n) is 15.8. The van der Waals surface area contributed by atoms with Crippen LogP contribution in [0.2, 0.25) is 0 Å². The fraction of sp³-hybridized carbons (Fsp3) is 0.611. The predicted octanol–water partition coefficient (Wildman–Crippen LogP) is 2.34. The number of hydrogen-bond donors (Lipinski definition) is 2. The molecule has 2 rings (SSSR count). The highest BCUT2D eigenvalue weighted by molar-refractivity contribution is 14.0. The molecule has 25 heavy (non-hydrogen) atoms.